The smallest absolute Gasteiger partial charge is 0.295 e. The summed E-state index contributed by atoms with van der Waals surface area (Å²) in [4.78, 5) is 43.1. The number of nitrogen functional groups attached to an aromatic ring is 1. The van der Waals surface area contributed by atoms with Crippen molar-refractivity contribution in [2.24, 2.45) is 5.92 Å². The third-order valence-corrected chi connectivity index (χ3v) is 9.39. The van der Waals surface area contributed by atoms with E-state index >= 15 is 8.78 Å². The minimum Gasteiger partial charge on any atom is -0.437 e. The van der Waals surface area contributed by atoms with Crippen molar-refractivity contribution in [1.29, 1.82) is 0 Å². The van der Waals surface area contributed by atoms with Crippen LogP contribution in [-0.2, 0) is 17.9 Å². The molecule has 2 aliphatic heterocycles. The Bertz CT molecular complexity index is 1830. The Kier molecular flexibility index (Phi) is 9.46. The third-order valence-electron chi connectivity index (χ3n) is 9.13. The summed E-state index contributed by atoms with van der Waals surface area (Å²) in [6, 6.07) is 17.7. The molecule has 4 heterocycles. The third kappa shape index (κ3) is 7.03. The highest BCUT2D eigenvalue weighted by Gasteiger charge is 2.57. The average molecular weight is 680 g/mol. The fourth-order valence-corrected chi connectivity index (χ4v) is 6.61. The standard InChI is InChI=1S/C34H36ClF2N7O4/c1-22-39-14-11-25(41-22)17-42-15-12-27(28(18-42)23-5-3-2-4-6-23)31(45)43-16-13-33(47,34(36,37)20-43)19-44-21-40-30(29(38)32(44)46)48-26-9-7-24(35)8-10-26/h2-11,14,21,27-28,47H,12-13,15-20,38H2,1H3/t27-,28+,33+/m1/s1. The van der Waals surface area contributed by atoms with Gasteiger partial charge in [-0.15, -0.1) is 0 Å². The predicted octanol–water partition coefficient (Wildman–Crippen LogP) is 4.27. The van der Waals surface area contributed by atoms with Gasteiger partial charge in [0.15, 0.2) is 5.69 Å². The molecule has 3 N–H and O–H groups in total. The molecule has 2 aromatic heterocycles. The lowest BCUT2D eigenvalue weighted by atomic mass is 9.78. The van der Waals surface area contributed by atoms with E-state index in [-0.39, 0.29) is 24.2 Å². The Morgan fingerprint density at radius 1 is 1.10 bits per heavy atom. The number of halogens is 3. The number of amides is 1. The van der Waals surface area contributed by atoms with Gasteiger partial charge < -0.3 is 20.5 Å². The van der Waals surface area contributed by atoms with Gasteiger partial charge in [-0.1, -0.05) is 41.9 Å². The zero-order chi connectivity index (χ0) is 34.1. The molecule has 0 aliphatic carbocycles. The van der Waals surface area contributed by atoms with Crippen molar-refractivity contribution in [3.63, 3.8) is 0 Å². The molecule has 0 radical (unpaired) electrons. The summed E-state index contributed by atoms with van der Waals surface area (Å²) >= 11 is 5.89. The monoisotopic (exact) mass is 679 g/mol. The van der Waals surface area contributed by atoms with E-state index in [4.69, 9.17) is 22.1 Å². The number of aliphatic hydroxyl groups is 1. The molecule has 0 saturated carbocycles. The number of rotatable bonds is 8. The quantitative estimate of drug-likeness (QED) is 0.279. The molecule has 0 spiro atoms. The molecule has 2 aliphatic rings. The van der Waals surface area contributed by atoms with Gasteiger partial charge in [0.05, 0.1) is 18.8 Å². The zero-order valence-corrected chi connectivity index (χ0v) is 27.1. The van der Waals surface area contributed by atoms with Crippen LogP contribution < -0.4 is 16.0 Å². The van der Waals surface area contributed by atoms with Crippen LogP contribution in [0.1, 0.15) is 35.8 Å². The largest absolute Gasteiger partial charge is 0.437 e. The molecule has 2 fully saturated rings. The van der Waals surface area contributed by atoms with Crippen molar-refractivity contribution in [3.8, 4) is 11.6 Å². The lowest BCUT2D eigenvalue weighted by Crippen LogP contribution is -2.64. The number of carbonyl (C=O) groups excluding carboxylic acids is 1. The van der Waals surface area contributed by atoms with Gasteiger partial charge in [0.1, 0.15) is 23.5 Å². The normalized spacial score (nSPS) is 22.7. The van der Waals surface area contributed by atoms with Crippen molar-refractivity contribution in [1.82, 2.24) is 29.3 Å². The first kappa shape index (κ1) is 33.4. The number of hydrogen-bond donors (Lipinski definition) is 2. The molecule has 3 atom stereocenters. The number of benzene rings is 2. The van der Waals surface area contributed by atoms with Gasteiger partial charge in [-0.05, 0) is 55.8 Å². The Morgan fingerprint density at radius 2 is 1.85 bits per heavy atom. The van der Waals surface area contributed by atoms with E-state index in [1.165, 1.54) is 0 Å². The summed E-state index contributed by atoms with van der Waals surface area (Å²) in [7, 11) is 0. The maximum atomic E-state index is 15.8. The number of alkyl halides is 2. The molecule has 252 valence electrons. The first-order chi connectivity index (χ1) is 22.9. The van der Waals surface area contributed by atoms with Gasteiger partial charge in [0, 0.05) is 49.1 Å². The van der Waals surface area contributed by atoms with E-state index in [1.54, 1.807) is 30.5 Å². The Hall–Kier alpha value is -4.46. The number of carbonyl (C=O) groups is 1. The topological polar surface area (TPSA) is 140 Å². The van der Waals surface area contributed by atoms with Crippen LogP contribution in [0.15, 0.2) is 78.0 Å². The van der Waals surface area contributed by atoms with Crippen LogP contribution in [0, 0.1) is 12.8 Å². The van der Waals surface area contributed by atoms with E-state index in [0.29, 0.717) is 42.7 Å². The number of hydrogen-bond acceptors (Lipinski definition) is 9. The number of aryl methyl sites for hydroxylation is 1. The molecule has 14 heteroatoms. The van der Waals surface area contributed by atoms with Crippen LogP contribution in [0.25, 0.3) is 0 Å². The Morgan fingerprint density at radius 3 is 2.56 bits per heavy atom. The first-order valence-corrected chi connectivity index (χ1v) is 16.0. The highest BCUT2D eigenvalue weighted by atomic mass is 35.5. The van der Waals surface area contributed by atoms with Gasteiger partial charge in [0.2, 0.25) is 11.8 Å². The Balaban J connectivity index is 1.15. The summed E-state index contributed by atoms with van der Waals surface area (Å²) in [6.07, 6.45) is 2.74. The van der Waals surface area contributed by atoms with Gasteiger partial charge in [-0.3, -0.25) is 19.1 Å². The number of anilines is 1. The summed E-state index contributed by atoms with van der Waals surface area (Å²) in [5.74, 6) is -4.09. The maximum absolute atomic E-state index is 15.8. The molecular formula is C34H36ClF2N7O4. The second-order valence-electron chi connectivity index (χ2n) is 12.4. The van der Waals surface area contributed by atoms with Crippen LogP contribution in [0.4, 0.5) is 14.5 Å². The fraction of sp³-hybridized carbons (Fsp3) is 0.382. The molecule has 0 unspecified atom stereocenters. The summed E-state index contributed by atoms with van der Waals surface area (Å²) < 4.78 is 38.1. The van der Waals surface area contributed by atoms with Gasteiger partial charge >= 0.3 is 0 Å². The molecule has 4 aromatic rings. The number of nitrogens with zero attached hydrogens (tertiary/aromatic N) is 6. The number of ether oxygens (including phenoxy) is 1. The number of nitrogens with two attached hydrogens (primary N) is 1. The van der Waals surface area contributed by atoms with Crippen molar-refractivity contribution in [2.75, 3.05) is 31.9 Å². The molecular weight excluding hydrogens is 644 g/mol. The second kappa shape index (κ2) is 13.6. The molecule has 11 nitrogen and oxygen atoms in total. The second-order valence-corrected chi connectivity index (χ2v) is 12.9. The van der Waals surface area contributed by atoms with Crippen molar-refractivity contribution < 1.29 is 23.4 Å². The summed E-state index contributed by atoms with van der Waals surface area (Å²) in [5, 5.41) is 11.7. The van der Waals surface area contributed by atoms with Crippen molar-refractivity contribution in [2.45, 2.75) is 50.3 Å². The van der Waals surface area contributed by atoms with Gasteiger partial charge in [0.25, 0.3) is 11.5 Å². The number of likely N-dealkylation sites (tertiary alicyclic amines) is 2. The van der Waals surface area contributed by atoms with Crippen LogP contribution in [0.3, 0.4) is 0 Å². The van der Waals surface area contributed by atoms with Crippen molar-refractivity contribution in [3.05, 3.63) is 106 Å². The zero-order valence-electron chi connectivity index (χ0n) is 26.3. The van der Waals surface area contributed by atoms with E-state index in [9.17, 15) is 14.7 Å². The highest BCUT2D eigenvalue weighted by Crippen LogP contribution is 2.41. The van der Waals surface area contributed by atoms with Crippen LogP contribution >= 0.6 is 11.6 Å². The molecule has 0 bridgehead atoms. The van der Waals surface area contributed by atoms with Crippen LogP contribution in [-0.4, -0.2) is 78.0 Å². The SMILES string of the molecule is Cc1nccc(CN2CC[C@@H](C(=O)N3CC[C@](O)(Cn4cnc(Oc5ccc(Cl)cc5)c(N)c4=O)C(F)(F)C3)[C@H](c3ccccc3)C2)n1. The summed E-state index contributed by atoms with van der Waals surface area (Å²) in [6.45, 7) is 1.68. The lowest BCUT2D eigenvalue weighted by Gasteiger charge is -2.46. The fourth-order valence-electron chi connectivity index (χ4n) is 6.49. The molecule has 6 rings (SSSR count). The van der Waals surface area contributed by atoms with E-state index < -0.39 is 48.2 Å². The van der Waals surface area contributed by atoms with Crippen LogP contribution in [0.2, 0.25) is 5.02 Å². The number of piperidine rings is 2. The predicted molar refractivity (Wildman–Crippen MR) is 175 cm³/mol. The highest BCUT2D eigenvalue weighted by molar-refractivity contribution is 6.30. The lowest BCUT2D eigenvalue weighted by molar-refractivity contribution is -0.223. The van der Waals surface area contributed by atoms with E-state index in [2.05, 4.69) is 19.9 Å². The van der Waals surface area contributed by atoms with Crippen molar-refractivity contribution >= 4 is 23.2 Å². The minimum absolute atomic E-state index is 0.109. The number of aromatic nitrogens is 4. The minimum atomic E-state index is -3.73. The summed E-state index contributed by atoms with van der Waals surface area (Å²) in [5.41, 5.74) is 3.91. The van der Waals surface area contributed by atoms with Gasteiger partial charge in [-0.25, -0.2) is 23.7 Å². The maximum Gasteiger partial charge on any atom is 0.295 e. The molecule has 2 aromatic carbocycles. The van der Waals surface area contributed by atoms with Gasteiger partial charge in [-0.2, -0.15) is 0 Å². The first-order valence-electron chi connectivity index (χ1n) is 15.7. The van der Waals surface area contributed by atoms with E-state index in [0.717, 1.165) is 27.1 Å². The molecule has 1 amide bonds. The average Bonchev–Trinajstić information content (AvgIpc) is 3.07. The molecule has 2 saturated heterocycles. The van der Waals surface area contributed by atoms with Crippen LogP contribution in [0.5, 0.6) is 11.6 Å². The molecule has 48 heavy (non-hydrogen) atoms. The Labute approximate surface area is 281 Å². The van der Waals surface area contributed by atoms with E-state index in [1.807, 2.05) is 43.3 Å².